The van der Waals surface area contributed by atoms with E-state index in [4.69, 9.17) is 0 Å². The lowest BCUT2D eigenvalue weighted by atomic mass is 9.95. The van der Waals surface area contributed by atoms with Gasteiger partial charge < -0.3 is 25.0 Å². The number of nitrogens with zero attached hydrogens (tertiary/aromatic N) is 2. The topological polar surface area (TPSA) is 112 Å². The number of hydrogen-bond acceptors (Lipinski definition) is 6. The van der Waals surface area contributed by atoms with E-state index >= 15 is 4.39 Å². The van der Waals surface area contributed by atoms with Gasteiger partial charge in [-0.05, 0) is 36.6 Å². The highest BCUT2D eigenvalue weighted by Gasteiger charge is 2.42. The number of aliphatic hydroxyl groups is 1. The van der Waals surface area contributed by atoms with Crippen molar-refractivity contribution in [2.75, 3.05) is 31.1 Å². The number of aromatic nitrogens is 1. The summed E-state index contributed by atoms with van der Waals surface area (Å²) in [6.45, 7) is 6.12. The molecule has 9 heteroatoms. The van der Waals surface area contributed by atoms with Gasteiger partial charge in [0.1, 0.15) is 17.0 Å². The number of ketones is 1. The van der Waals surface area contributed by atoms with E-state index < -0.39 is 34.2 Å². The summed E-state index contributed by atoms with van der Waals surface area (Å²) in [6, 6.07) is 2.65. The molecule has 0 bridgehead atoms. The molecule has 1 aromatic heterocycles. The summed E-state index contributed by atoms with van der Waals surface area (Å²) in [5, 5.41) is 23.8. The molecule has 2 heterocycles. The van der Waals surface area contributed by atoms with E-state index in [0.717, 1.165) is 25.0 Å². The van der Waals surface area contributed by atoms with E-state index in [2.05, 4.69) is 11.9 Å². The molecule has 2 fully saturated rings. The number of aromatic carboxylic acids is 1. The van der Waals surface area contributed by atoms with Crippen LogP contribution in [0, 0.1) is 5.82 Å². The van der Waals surface area contributed by atoms with Crippen LogP contribution in [-0.4, -0.2) is 58.3 Å². The van der Waals surface area contributed by atoms with Crippen molar-refractivity contribution in [3.63, 3.8) is 0 Å². The third-order valence-electron chi connectivity index (χ3n) is 6.69. The zero-order chi connectivity index (χ0) is 23.5. The van der Waals surface area contributed by atoms with Crippen LogP contribution in [0.3, 0.4) is 0 Å². The van der Waals surface area contributed by atoms with Crippen molar-refractivity contribution in [2.24, 2.45) is 0 Å². The van der Waals surface area contributed by atoms with Crippen LogP contribution in [-0.2, 0) is 4.79 Å². The first-order valence-corrected chi connectivity index (χ1v) is 11.0. The summed E-state index contributed by atoms with van der Waals surface area (Å²) >= 11 is 0. The number of pyridine rings is 1. The number of carboxylic acid groups (broad SMARTS) is 1. The van der Waals surface area contributed by atoms with Gasteiger partial charge in [-0.3, -0.25) is 9.59 Å². The number of hydrogen-bond donors (Lipinski definition) is 3. The molecule has 1 atom stereocenters. The lowest BCUT2D eigenvalue weighted by molar-refractivity contribution is -0.126. The Morgan fingerprint density at radius 2 is 1.94 bits per heavy atom. The predicted molar refractivity (Wildman–Crippen MR) is 121 cm³/mol. The fourth-order valence-corrected chi connectivity index (χ4v) is 4.83. The van der Waals surface area contributed by atoms with Crippen molar-refractivity contribution in [3.05, 3.63) is 58.2 Å². The fraction of sp³-hybridized carbons (Fsp3) is 0.375. The molecule has 3 aliphatic rings. The first kappa shape index (κ1) is 21.5. The smallest absolute Gasteiger partial charge is 0.341 e. The quantitative estimate of drug-likeness (QED) is 0.593. The maximum atomic E-state index is 15.1. The Morgan fingerprint density at radius 1 is 1.24 bits per heavy atom. The lowest BCUT2D eigenvalue weighted by Crippen LogP contribution is -2.44. The number of carboxylic acids is 1. The van der Waals surface area contributed by atoms with Gasteiger partial charge in [0.15, 0.2) is 5.78 Å². The Hall–Kier alpha value is -3.30. The number of carbonyl (C=O) groups is 2. The molecule has 1 aromatic carbocycles. The minimum Gasteiger partial charge on any atom is -0.477 e. The van der Waals surface area contributed by atoms with E-state index in [0.29, 0.717) is 37.4 Å². The third-order valence-corrected chi connectivity index (χ3v) is 6.69. The van der Waals surface area contributed by atoms with Crippen LogP contribution >= 0.6 is 0 Å². The first-order valence-electron chi connectivity index (χ1n) is 11.0. The Morgan fingerprint density at radius 3 is 2.52 bits per heavy atom. The average molecular weight is 453 g/mol. The molecule has 1 saturated carbocycles. The van der Waals surface area contributed by atoms with E-state index in [1.807, 2.05) is 4.90 Å². The minimum absolute atomic E-state index is 0.0108. The molecule has 33 heavy (non-hydrogen) atoms. The second kappa shape index (κ2) is 7.64. The number of anilines is 1. The van der Waals surface area contributed by atoms with Gasteiger partial charge in [-0.25, -0.2) is 9.18 Å². The SMILES string of the molecule is C=CC1(O)CC(c2c(C(=O)O)c(=O)c3cc(F)c(N4CCNCC4)cc3n2C2CC2)=CC1=O. The van der Waals surface area contributed by atoms with Crippen molar-refractivity contribution in [3.8, 4) is 0 Å². The molecular formula is C24H24FN3O5. The highest BCUT2D eigenvalue weighted by molar-refractivity contribution is 6.11. The summed E-state index contributed by atoms with van der Waals surface area (Å²) in [5.74, 6) is -2.65. The molecule has 8 nitrogen and oxygen atoms in total. The molecule has 3 N–H and O–H groups in total. The number of benzene rings is 1. The van der Waals surface area contributed by atoms with Gasteiger partial charge in [-0.2, -0.15) is 0 Å². The predicted octanol–water partition coefficient (Wildman–Crippen LogP) is 1.86. The zero-order valence-corrected chi connectivity index (χ0v) is 17.9. The monoisotopic (exact) mass is 453 g/mol. The number of piperazine rings is 1. The average Bonchev–Trinajstić information content (AvgIpc) is 3.59. The molecular weight excluding hydrogens is 429 g/mol. The van der Waals surface area contributed by atoms with Crippen LogP contribution in [0.15, 0.2) is 35.7 Å². The third kappa shape index (κ3) is 3.39. The summed E-state index contributed by atoms with van der Waals surface area (Å²) in [7, 11) is 0. The van der Waals surface area contributed by atoms with Crippen molar-refractivity contribution in [2.45, 2.75) is 30.9 Å². The number of halogens is 1. The molecule has 1 saturated heterocycles. The molecule has 0 spiro atoms. The molecule has 172 valence electrons. The fourth-order valence-electron chi connectivity index (χ4n) is 4.83. The molecule has 2 aliphatic carbocycles. The highest BCUT2D eigenvalue weighted by Crippen LogP contribution is 2.44. The van der Waals surface area contributed by atoms with Crippen LogP contribution in [0.5, 0.6) is 0 Å². The maximum absolute atomic E-state index is 15.1. The molecule has 1 unspecified atom stereocenters. The molecule has 1 aliphatic heterocycles. The summed E-state index contributed by atoms with van der Waals surface area (Å²) in [4.78, 5) is 39.9. The number of fused-ring (bicyclic) bond motifs is 1. The Kier molecular flexibility index (Phi) is 4.98. The van der Waals surface area contributed by atoms with Gasteiger partial charge in [0, 0.05) is 44.0 Å². The molecule has 2 aromatic rings. The van der Waals surface area contributed by atoms with E-state index in [1.165, 1.54) is 6.08 Å². The van der Waals surface area contributed by atoms with E-state index in [-0.39, 0.29) is 29.1 Å². The maximum Gasteiger partial charge on any atom is 0.341 e. The van der Waals surface area contributed by atoms with Crippen LogP contribution < -0.4 is 15.6 Å². The number of nitrogens with one attached hydrogen (secondary N) is 1. The van der Waals surface area contributed by atoms with Gasteiger partial charge in [0.25, 0.3) is 0 Å². The van der Waals surface area contributed by atoms with Gasteiger partial charge in [0.05, 0.1) is 16.9 Å². The largest absolute Gasteiger partial charge is 0.477 e. The zero-order valence-electron chi connectivity index (χ0n) is 17.9. The van der Waals surface area contributed by atoms with Crippen LogP contribution in [0.2, 0.25) is 0 Å². The second-order valence-electron chi connectivity index (χ2n) is 8.86. The van der Waals surface area contributed by atoms with Gasteiger partial charge in [0.2, 0.25) is 5.43 Å². The Labute approximate surface area is 188 Å². The number of carbonyl (C=O) groups excluding carboxylic acids is 1. The summed E-state index contributed by atoms with van der Waals surface area (Å²) < 4.78 is 16.9. The Bertz CT molecular complexity index is 1300. The van der Waals surface area contributed by atoms with Crippen molar-refractivity contribution in [1.29, 1.82) is 0 Å². The van der Waals surface area contributed by atoms with Gasteiger partial charge >= 0.3 is 5.97 Å². The van der Waals surface area contributed by atoms with E-state index in [1.54, 1.807) is 10.6 Å². The standard InChI is InChI=1S/C24H24FN3O5/c1-2-24(33)12-13(9-19(24)29)21-20(23(31)32)22(30)15-10-16(25)18(27-7-5-26-6-8-27)11-17(15)28(21)14-3-4-14/h2,9-11,14,26,33H,1,3-8,12H2,(H,31,32). The van der Waals surface area contributed by atoms with Crippen molar-refractivity contribution < 1.29 is 24.2 Å². The summed E-state index contributed by atoms with van der Waals surface area (Å²) in [5.41, 5.74) is -2.02. The van der Waals surface area contributed by atoms with Crippen LogP contribution in [0.4, 0.5) is 10.1 Å². The molecule has 0 radical (unpaired) electrons. The van der Waals surface area contributed by atoms with Crippen molar-refractivity contribution >= 4 is 33.9 Å². The number of rotatable bonds is 5. The lowest BCUT2D eigenvalue weighted by Gasteiger charge is -2.30. The van der Waals surface area contributed by atoms with Gasteiger partial charge in [-0.1, -0.05) is 12.7 Å². The second-order valence-corrected chi connectivity index (χ2v) is 8.86. The van der Waals surface area contributed by atoms with E-state index in [9.17, 15) is 24.6 Å². The summed E-state index contributed by atoms with van der Waals surface area (Å²) in [6.07, 6.45) is 3.65. The molecule has 5 rings (SSSR count). The highest BCUT2D eigenvalue weighted by atomic mass is 19.1. The minimum atomic E-state index is -1.85. The van der Waals surface area contributed by atoms with Gasteiger partial charge in [-0.15, -0.1) is 0 Å². The van der Waals surface area contributed by atoms with Crippen LogP contribution in [0.1, 0.15) is 41.4 Å². The Balaban J connectivity index is 1.82. The molecule has 0 amide bonds. The van der Waals surface area contributed by atoms with Crippen LogP contribution in [0.25, 0.3) is 16.5 Å². The van der Waals surface area contributed by atoms with Crippen molar-refractivity contribution in [1.82, 2.24) is 9.88 Å². The first-order chi connectivity index (χ1) is 15.7. The normalized spacial score (nSPS) is 23.2.